The van der Waals surface area contributed by atoms with Crippen LogP contribution in [-0.4, -0.2) is 60.6 Å². The number of nitrogens with one attached hydrogen (secondary N) is 1. The van der Waals surface area contributed by atoms with Gasteiger partial charge in [0.1, 0.15) is 11.8 Å². The van der Waals surface area contributed by atoms with Gasteiger partial charge >= 0.3 is 0 Å². The highest BCUT2D eigenvalue weighted by molar-refractivity contribution is 5.90. The van der Waals surface area contributed by atoms with Crippen LogP contribution in [0.2, 0.25) is 0 Å². The number of primary amides is 1. The lowest BCUT2D eigenvalue weighted by molar-refractivity contribution is -0.137. The number of ether oxygens (including phenoxy) is 2. The predicted molar refractivity (Wildman–Crippen MR) is 104 cm³/mol. The molecule has 1 fully saturated rings. The quantitative estimate of drug-likeness (QED) is 0.574. The maximum Gasteiger partial charge on any atom is 0.242 e. The van der Waals surface area contributed by atoms with Gasteiger partial charge in [0.15, 0.2) is 0 Å². The van der Waals surface area contributed by atoms with Gasteiger partial charge in [-0.2, -0.15) is 0 Å². The van der Waals surface area contributed by atoms with E-state index in [9.17, 15) is 14.4 Å². The second-order valence-electron chi connectivity index (χ2n) is 7.05. The molecule has 154 valence electrons. The van der Waals surface area contributed by atoms with Gasteiger partial charge in [-0.15, -0.1) is 0 Å². The molecule has 1 saturated heterocycles. The molecule has 8 nitrogen and oxygen atoms in total. The zero-order chi connectivity index (χ0) is 20.5. The van der Waals surface area contributed by atoms with Gasteiger partial charge in [-0.3, -0.25) is 14.4 Å². The molecule has 0 bridgehead atoms. The molecule has 1 aliphatic rings. The molecule has 1 aromatic carbocycles. The number of rotatable bonds is 10. The summed E-state index contributed by atoms with van der Waals surface area (Å²) in [6, 6.07) is 8.65. The van der Waals surface area contributed by atoms with E-state index in [1.807, 2.05) is 44.2 Å². The van der Waals surface area contributed by atoms with Crippen molar-refractivity contribution in [3.05, 3.63) is 30.3 Å². The lowest BCUT2D eigenvalue weighted by Gasteiger charge is -2.22. The van der Waals surface area contributed by atoms with Gasteiger partial charge < -0.3 is 25.4 Å². The molecule has 1 aromatic rings. The molecule has 1 heterocycles. The van der Waals surface area contributed by atoms with Crippen molar-refractivity contribution in [1.82, 2.24) is 10.2 Å². The molecule has 3 N–H and O–H groups in total. The molecule has 8 heteroatoms. The molecule has 2 rings (SSSR count). The molecule has 0 aromatic heterocycles. The second kappa shape index (κ2) is 10.7. The molecule has 0 spiro atoms. The van der Waals surface area contributed by atoms with E-state index in [4.69, 9.17) is 15.2 Å². The van der Waals surface area contributed by atoms with Crippen LogP contribution in [0.5, 0.6) is 5.75 Å². The zero-order valence-electron chi connectivity index (χ0n) is 16.4. The average Bonchev–Trinajstić information content (AvgIpc) is 3.07. The maximum atomic E-state index is 12.4. The maximum absolute atomic E-state index is 12.4. The average molecular weight is 391 g/mol. The molecule has 3 amide bonds. The number of likely N-dealkylation sites (tertiary alicyclic amines) is 1. The van der Waals surface area contributed by atoms with Crippen molar-refractivity contribution < 1.29 is 23.9 Å². The number of amides is 3. The first kappa shape index (κ1) is 21.7. The normalized spacial score (nSPS) is 18.9. The number of nitrogens with two attached hydrogens (primary N) is 1. The van der Waals surface area contributed by atoms with Crippen LogP contribution in [-0.2, 0) is 19.1 Å². The van der Waals surface area contributed by atoms with E-state index in [2.05, 4.69) is 5.32 Å². The van der Waals surface area contributed by atoms with Crippen molar-refractivity contribution >= 4 is 17.7 Å². The van der Waals surface area contributed by atoms with Gasteiger partial charge in [-0.1, -0.05) is 18.2 Å². The molecule has 28 heavy (non-hydrogen) atoms. The van der Waals surface area contributed by atoms with Gasteiger partial charge in [-0.25, -0.2) is 0 Å². The zero-order valence-corrected chi connectivity index (χ0v) is 16.4. The third-order valence-corrected chi connectivity index (χ3v) is 4.37. The SMILES string of the molecule is CC(C)OC1CC(C(N)=O)N(C(=O)CNC(=O)CCCOc2ccccc2)C1. The van der Waals surface area contributed by atoms with Crippen molar-refractivity contribution in [2.45, 2.75) is 51.4 Å². The Balaban J connectivity index is 1.71. The van der Waals surface area contributed by atoms with Gasteiger partial charge in [0.05, 0.1) is 25.4 Å². The van der Waals surface area contributed by atoms with Gasteiger partial charge in [0.2, 0.25) is 17.7 Å². The Morgan fingerprint density at radius 2 is 1.96 bits per heavy atom. The third-order valence-electron chi connectivity index (χ3n) is 4.37. The lowest BCUT2D eigenvalue weighted by atomic mass is 10.2. The van der Waals surface area contributed by atoms with Crippen LogP contribution < -0.4 is 15.8 Å². The van der Waals surface area contributed by atoms with Crippen LogP contribution in [0.25, 0.3) is 0 Å². The topological polar surface area (TPSA) is 111 Å². The number of benzene rings is 1. The Labute approximate surface area is 165 Å². The van der Waals surface area contributed by atoms with Crippen LogP contribution in [0.15, 0.2) is 30.3 Å². The molecule has 0 saturated carbocycles. The van der Waals surface area contributed by atoms with E-state index in [1.54, 1.807) is 0 Å². The van der Waals surface area contributed by atoms with Gasteiger partial charge in [0.25, 0.3) is 0 Å². The Hall–Kier alpha value is -2.61. The minimum absolute atomic E-state index is 0.00798. The van der Waals surface area contributed by atoms with Crippen LogP contribution in [0.4, 0.5) is 0 Å². The number of hydrogen-bond acceptors (Lipinski definition) is 5. The third kappa shape index (κ3) is 6.84. The predicted octanol–water partition coefficient (Wildman–Crippen LogP) is 0.842. The van der Waals surface area contributed by atoms with Crippen LogP contribution >= 0.6 is 0 Å². The lowest BCUT2D eigenvalue weighted by Crippen LogP contribution is -2.47. The van der Waals surface area contributed by atoms with Crippen molar-refractivity contribution in [1.29, 1.82) is 0 Å². The monoisotopic (exact) mass is 391 g/mol. The molecule has 1 aliphatic heterocycles. The van der Waals surface area contributed by atoms with E-state index in [-0.39, 0.29) is 37.0 Å². The Kier molecular flexibility index (Phi) is 8.25. The minimum Gasteiger partial charge on any atom is -0.494 e. The van der Waals surface area contributed by atoms with Gasteiger partial charge in [0, 0.05) is 19.4 Å². The number of hydrogen-bond donors (Lipinski definition) is 2. The van der Waals surface area contributed by atoms with E-state index in [1.165, 1.54) is 4.90 Å². The first-order valence-corrected chi connectivity index (χ1v) is 9.55. The van der Waals surface area contributed by atoms with E-state index < -0.39 is 11.9 Å². The number of nitrogens with zero attached hydrogens (tertiary/aromatic N) is 1. The highest BCUT2D eigenvalue weighted by Gasteiger charge is 2.39. The van der Waals surface area contributed by atoms with Crippen LogP contribution in [0.3, 0.4) is 0 Å². The number of carbonyl (C=O) groups excluding carboxylic acids is 3. The van der Waals surface area contributed by atoms with Crippen molar-refractivity contribution in [3.8, 4) is 5.75 Å². The first-order valence-electron chi connectivity index (χ1n) is 9.55. The number of carbonyl (C=O) groups is 3. The summed E-state index contributed by atoms with van der Waals surface area (Å²) in [5.41, 5.74) is 5.41. The van der Waals surface area contributed by atoms with E-state index in [0.29, 0.717) is 26.0 Å². The van der Waals surface area contributed by atoms with Crippen molar-refractivity contribution in [2.75, 3.05) is 19.7 Å². The molecular formula is C20H29N3O5. The molecule has 0 radical (unpaired) electrons. The van der Waals surface area contributed by atoms with Crippen LogP contribution in [0.1, 0.15) is 33.1 Å². The highest BCUT2D eigenvalue weighted by Crippen LogP contribution is 2.21. The summed E-state index contributed by atoms with van der Waals surface area (Å²) in [6.45, 7) is 4.33. The largest absolute Gasteiger partial charge is 0.494 e. The summed E-state index contributed by atoms with van der Waals surface area (Å²) in [5, 5.41) is 2.59. The number of para-hydroxylation sites is 1. The summed E-state index contributed by atoms with van der Waals surface area (Å²) in [4.78, 5) is 37.4. The summed E-state index contributed by atoms with van der Waals surface area (Å²) >= 11 is 0. The molecule has 0 aliphatic carbocycles. The Morgan fingerprint density at radius 3 is 2.61 bits per heavy atom. The summed E-state index contributed by atoms with van der Waals surface area (Å²) in [6.07, 6.45) is 0.925. The standard InChI is InChI=1S/C20H29N3O5/c1-14(2)28-16-11-17(20(21)26)23(13-16)19(25)12-22-18(24)9-6-10-27-15-7-4-3-5-8-15/h3-5,7-8,14,16-17H,6,9-13H2,1-2H3,(H2,21,26)(H,22,24). The molecular weight excluding hydrogens is 362 g/mol. The van der Waals surface area contributed by atoms with Gasteiger partial charge in [-0.05, 0) is 32.4 Å². The summed E-state index contributed by atoms with van der Waals surface area (Å²) < 4.78 is 11.2. The minimum atomic E-state index is -0.701. The molecule has 2 atom stereocenters. The Bertz CT molecular complexity index is 665. The van der Waals surface area contributed by atoms with Crippen molar-refractivity contribution in [2.24, 2.45) is 5.73 Å². The fourth-order valence-electron chi connectivity index (χ4n) is 3.13. The highest BCUT2D eigenvalue weighted by atomic mass is 16.5. The Morgan fingerprint density at radius 1 is 1.25 bits per heavy atom. The fourth-order valence-corrected chi connectivity index (χ4v) is 3.13. The first-order chi connectivity index (χ1) is 13.4. The van der Waals surface area contributed by atoms with Crippen LogP contribution in [0, 0.1) is 0 Å². The smallest absolute Gasteiger partial charge is 0.242 e. The second-order valence-corrected chi connectivity index (χ2v) is 7.05. The van der Waals surface area contributed by atoms with Crippen molar-refractivity contribution in [3.63, 3.8) is 0 Å². The molecule has 2 unspecified atom stereocenters. The fraction of sp³-hybridized carbons (Fsp3) is 0.550. The van der Waals surface area contributed by atoms with E-state index >= 15 is 0 Å². The summed E-state index contributed by atoms with van der Waals surface area (Å²) in [5.74, 6) is -0.391. The summed E-state index contributed by atoms with van der Waals surface area (Å²) in [7, 11) is 0. The van der Waals surface area contributed by atoms with E-state index in [0.717, 1.165) is 5.75 Å².